The van der Waals surface area contributed by atoms with Gasteiger partial charge in [-0.1, -0.05) is 30.3 Å². The van der Waals surface area contributed by atoms with Crippen LogP contribution in [0.15, 0.2) is 34.7 Å². The number of benzene rings is 1. The summed E-state index contributed by atoms with van der Waals surface area (Å²) in [5, 5.41) is 2.87. The summed E-state index contributed by atoms with van der Waals surface area (Å²) in [5.74, 6) is 1.32. The van der Waals surface area contributed by atoms with Crippen LogP contribution in [0, 0.1) is 13.8 Å². The van der Waals surface area contributed by atoms with Crippen LogP contribution in [0.25, 0.3) is 0 Å². The van der Waals surface area contributed by atoms with Gasteiger partial charge in [-0.2, -0.15) is 0 Å². The highest BCUT2D eigenvalue weighted by molar-refractivity contribution is 5.74. The van der Waals surface area contributed by atoms with Crippen LogP contribution < -0.4 is 5.32 Å². The normalized spacial score (nSPS) is 17.8. The molecule has 0 radical (unpaired) electrons. The molecule has 6 nitrogen and oxygen atoms in total. The maximum Gasteiger partial charge on any atom is 0.318 e. The molecule has 2 aromatic rings. The minimum atomic E-state index is -0.107. The van der Waals surface area contributed by atoms with Gasteiger partial charge in [0, 0.05) is 19.5 Å². The van der Waals surface area contributed by atoms with Gasteiger partial charge in [0.2, 0.25) is 5.89 Å². The fourth-order valence-corrected chi connectivity index (χ4v) is 2.78. The number of nitrogens with one attached hydrogen (secondary N) is 1. The van der Waals surface area contributed by atoms with Crippen LogP contribution in [-0.2, 0) is 17.7 Å². The van der Waals surface area contributed by atoms with Crippen LogP contribution in [0.1, 0.15) is 22.9 Å². The summed E-state index contributed by atoms with van der Waals surface area (Å²) in [6, 6.07) is 10.1. The number of ether oxygens (including phenoxy) is 1. The van der Waals surface area contributed by atoms with E-state index in [0.29, 0.717) is 32.1 Å². The summed E-state index contributed by atoms with van der Waals surface area (Å²) in [7, 11) is 0. The minimum absolute atomic E-state index is 0.0260. The van der Waals surface area contributed by atoms with E-state index in [9.17, 15) is 4.79 Å². The van der Waals surface area contributed by atoms with Crippen LogP contribution >= 0.6 is 0 Å². The molecule has 24 heavy (non-hydrogen) atoms. The standard InChI is InChI=1S/C18H23N3O3/c1-13-14(2)24-17(20-13)11-19-18(22)21-8-9-23-16(12-21)10-15-6-4-3-5-7-15/h3-7,16H,8-12H2,1-2H3,(H,19,22)/t16-/m1/s1. The lowest BCUT2D eigenvalue weighted by atomic mass is 10.1. The number of carbonyl (C=O) groups excluding carboxylic acids is 1. The first kappa shape index (κ1) is 16.5. The predicted molar refractivity (Wildman–Crippen MR) is 89.7 cm³/mol. The number of urea groups is 1. The third kappa shape index (κ3) is 4.14. The minimum Gasteiger partial charge on any atom is -0.444 e. The van der Waals surface area contributed by atoms with Crippen molar-refractivity contribution >= 4 is 6.03 Å². The van der Waals surface area contributed by atoms with E-state index in [1.807, 2.05) is 32.0 Å². The Labute approximate surface area is 141 Å². The number of carbonyl (C=O) groups is 1. The van der Waals surface area contributed by atoms with Gasteiger partial charge < -0.3 is 19.4 Å². The second-order valence-corrected chi connectivity index (χ2v) is 6.04. The van der Waals surface area contributed by atoms with Crippen LogP contribution in [-0.4, -0.2) is 41.7 Å². The van der Waals surface area contributed by atoms with Crippen molar-refractivity contribution in [1.82, 2.24) is 15.2 Å². The molecule has 2 amide bonds. The molecule has 1 aliphatic heterocycles. The largest absolute Gasteiger partial charge is 0.444 e. The van der Waals surface area contributed by atoms with E-state index in [1.165, 1.54) is 5.56 Å². The lowest BCUT2D eigenvalue weighted by Gasteiger charge is -2.33. The number of aromatic nitrogens is 1. The SMILES string of the molecule is Cc1nc(CNC(=O)N2CCO[C@H](Cc3ccccc3)C2)oc1C. The monoisotopic (exact) mass is 329 g/mol. The van der Waals surface area contributed by atoms with Gasteiger partial charge in [-0.05, 0) is 19.4 Å². The molecule has 1 atom stereocenters. The Kier molecular flexibility index (Phi) is 5.15. The molecule has 1 aromatic heterocycles. The quantitative estimate of drug-likeness (QED) is 0.935. The van der Waals surface area contributed by atoms with E-state index in [4.69, 9.17) is 9.15 Å². The Balaban J connectivity index is 1.51. The van der Waals surface area contributed by atoms with Gasteiger partial charge in [0.15, 0.2) is 0 Å². The predicted octanol–water partition coefficient (Wildman–Crippen LogP) is 2.44. The van der Waals surface area contributed by atoms with Crippen LogP contribution in [0.2, 0.25) is 0 Å². The van der Waals surface area contributed by atoms with E-state index in [0.717, 1.165) is 17.9 Å². The molecule has 6 heteroatoms. The maximum atomic E-state index is 12.4. The number of rotatable bonds is 4. The van der Waals surface area contributed by atoms with Crippen molar-refractivity contribution in [2.75, 3.05) is 19.7 Å². The molecule has 0 aliphatic carbocycles. The molecular weight excluding hydrogens is 306 g/mol. The fourth-order valence-electron chi connectivity index (χ4n) is 2.78. The molecule has 1 aliphatic rings. The average Bonchev–Trinajstić information content (AvgIpc) is 2.92. The molecule has 1 fully saturated rings. The van der Waals surface area contributed by atoms with Crippen molar-refractivity contribution in [2.24, 2.45) is 0 Å². The summed E-state index contributed by atoms with van der Waals surface area (Å²) < 4.78 is 11.3. The second-order valence-electron chi connectivity index (χ2n) is 6.04. The van der Waals surface area contributed by atoms with Gasteiger partial charge in [0.05, 0.1) is 24.9 Å². The van der Waals surface area contributed by atoms with Crippen molar-refractivity contribution in [1.29, 1.82) is 0 Å². The third-order valence-corrected chi connectivity index (χ3v) is 4.20. The Morgan fingerprint density at radius 1 is 1.33 bits per heavy atom. The van der Waals surface area contributed by atoms with E-state index in [-0.39, 0.29) is 12.1 Å². The Bertz CT molecular complexity index is 665. The molecular formula is C18H23N3O3. The average molecular weight is 329 g/mol. The van der Waals surface area contributed by atoms with Gasteiger partial charge >= 0.3 is 6.03 Å². The van der Waals surface area contributed by atoms with Crippen molar-refractivity contribution in [3.63, 3.8) is 0 Å². The maximum absolute atomic E-state index is 12.4. The van der Waals surface area contributed by atoms with Gasteiger partial charge in [0.1, 0.15) is 5.76 Å². The number of oxazole rings is 1. The highest BCUT2D eigenvalue weighted by Gasteiger charge is 2.24. The number of nitrogens with zero attached hydrogens (tertiary/aromatic N) is 2. The number of hydrogen-bond donors (Lipinski definition) is 1. The summed E-state index contributed by atoms with van der Waals surface area (Å²) >= 11 is 0. The molecule has 0 spiro atoms. The third-order valence-electron chi connectivity index (χ3n) is 4.20. The van der Waals surface area contributed by atoms with Crippen LogP contribution in [0.3, 0.4) is 0 Å². The summed E-state index contributed by atoms with van der Waals surface area (Å²) in [4.78, 5) is 18.4. The van der Waals surface area contributed by atoms with Crippen molar-refractivity contribution in [3.05, 3.63) is 53.2 Å². The molecule has 1 N–H and O–H groups in total. The fraction of sp³-hybridized carbons (Fsp3) is 0.444. The van der Waals surface area contributed by atoms with Crippen molar-refractivity contribution in [2.45, 2.75) is 32.9 Å². The first-order valence-electron chi connectivity index (χ1n) is 8.23. The number of amides is 2. The van der Waals surface area contributed by atoms with Crippen molar-refractivity contribution < 1.29 is 13.9 Å². The lowest BCUT2D eigenvalue weighted by molar-refractivity contribution is -0.0133. The Morgan fingerprint density at radius 2 is 2.12 bits per heavy atom. The van der Waals surface area contributed by atoms with E-state index >= 15 is 0 Å². The smallest absolute Gasteiger partial charge is 0.318 e. The number of hydrogen-bond acceptors (Lipinski definition) is 4. The van der Waals surface area contributed by atoms with Gasteiger partial charge in [0.25, 0.3) is 0 Å². The molecule has 0 unspecified atom stereocenters. The molecule has 2 heterocycles. The first-order valence-corrected chi connectivity index (χ1v) is 8.23. The molecule has 1 saturated heterocycles. The molecule has 3 rings (SSSR count). The highest BCUT2D eigenvalue weighted by Crippen LogP contribution is 2.12. The topological polar surface area (TPSA) is 67.6 Å². The van der Waals surface area contributed by atoms with Crippen LogP contribution in [0.5, 0.6) is 0 Å². The zero-order chi connectivity index (χ0) is 16.9. The molecule has 0 bridgehead atoms. The number of aryl methyl sites for hydroxylation is 2. The highest BCUT2D eigenvalue weighted by atomic mass is 16.5. The Hall–Kier alpha value is -2.34. The molecule has 128 valence electrons. The van der Waals surface area contributed by atoms with E-state index < -0.39 is 0 Å². The summed E-state index contributed by atoms with van der Waals surface area (Å²) in [6.07, 6.45) is 0.834. The first-order chi connectivity index (χ1) is 11.6. The second kappa shape index (κ2) is 7.49. The van der Waals surface area contributed by atoms with Gasteiger partial charge in [-0.3, -0.25) is 0 Å². The van der Waals surface area contributed by atoms with Gasteiger partial charge in [-0.25, -0.2) is 9.78 Å². The summed E-state index contributed by atoms with van der Waals surface area (Å²) in [6.45, 7) is 5.80. The van der Waals surface area contributed by atoms with Gasteiger partial charge in [-0.15, -0.1) is 0 Å². The number of morpholine rings is 1. The van der Waals surface area contributed by atoms with Crippen LogP contribution in [0.4, 0.5) is 4.79 Å². The summed E-state index contributed by atoms with van der Waals surface area (Å²) in [5.41, 5.74) is 2.07. The lowest BCUT2D eigenvalue weighted by Crippen LogP contribution is -2.50. The van der Waals surface area contributed by atoms with E-state index in [2.05, 4.69) is 22.4 Å². The Morgan fingerprint density at radius 3 is 2.83 bits per heavy atom. The molecule has 1 aromatic carbocycles. The van der Waals surface area contributed by atoms with Crippen molar-refractivity contribution in [3.8, 4) is 0 Å². The zero-order valence-electron chi connectivity index (χ0n) is 14.1. The zero-order valence-corrected chi connectivity index (χ0v) is 14.1. The van der Waals surface area contributed by atoms with E-state index in [1.54, 1.807) is 4.90 Å². The molecule has 0 saturated carbocycles.